The van der Waals surface area contributed by atoms with Gasteiger partial charge in [0.2, 0.25) is 5.91 Å². The van der Waals surface area contributed by atoms with Crippen LogP contribution in [0.15, 0.2) is 0 Å². The van der Waals surface area contributed by atoms with Crippen molar-refractivity contribution in [2.75, 3.05) is 13.1 Å². The molecule has 3 atom stereocenters. The number of carbonyl (C=O) groups is 1. The highest BCUT2D eigenvalue weighted by atomic mass is 16.3. The fourth-order valence-corrected chi connectivity index (χ4v) is 1.84. The third kappa shape index (κ3) is 1.33. The standard InChI is InChI=1S/C9H15NO2/c1-6-4-8(6)9(12)10-3-2-7(11)5-10/h6-8,11H,2-5H2,1H3/t6-,7-,8-/m0/s1. The van der Waals surface area contributed by atoms with Crippen molar-refractivity contribution >= 4 is 5.91 Å². The SMILES string of the molecule is C[C@H]1C[C@@H]1C(=O)N1CC[C@H](O)C1. The molecular formula is C9H15NO2. The predicted octanol–water partition coefficient (Wildman–Crippen LogP) is 0.236. The summed E-state index contributed by atoms with van der Waals surface area (Å²) in [6.45, 7) is 3.42. The van der Waals surface area contributed by atoms with Crippen molar-refractivity contribution in [3.63, 3.8) is 0 Å². The van der Waals surface area contributed by atoms with E-state index in [-0.39, 0.29) is 17.9 Å². The maximum absolute atomic E-state index is 11.6. The lowest BCUT2D eigenvalue weighted by Gasteiger charge is -2.14. The first-order valence-corrected chi connectivity index (χ1v) is 4.65. The van der Waals surface area contributed by atoms with Gasteiger partial charge in [-0.15, -0.1) is 0 Å². The molecule has 1 amide bonds. The molecule has 0 bridgehead atoms. The first kappa shape index (κ1) is 8.05. The van der Waals surface area contributed by atoms with Gasteiger partial charge in [0.15, 0.2) is 0 Å². The number of nitrogens with zero attached hydrogens (tertiary/aromatic N) is 1. The van der Waals surface area contributed by atoms with E-state index in [1.807, 2.05) is 0 Å². The first-order valence-electron chi connectivity index (χ1n) is 4.65. The minimum Gasteiger partial charge on any atom is -0.391 e. The number of β-amino-alcohol motifs (C(OH)–C–C–N with tert-alkyl or cyclic N) is 1. The number of amides is 1. The Bertz CT molecular complexity index is 205. The van der Waals surface area contributed by atoms with Crippen molar-refractivity contribution in [3.05, 3.63) is 0 Å². The Kier molecular flexibility index (Phi) is 1.83. The van der Waals surface area contributed by atoms with Gasteiger partial charge in [-0.2, -0.15) is 0 Å². The van der Waals surface area contributed by atoms with Crippen LogP contribution in [0, 0.1) is 11.8 Å². The molecule has 3 nitrogen and oxygen atoms in total. The molecule has 0 aromatic carbocycles. The lowest BCUT2D eigenvalue weighted by Crippen LogP contribution is -2.31. The predicted molar refractivity (Wildman–Crippen MR) is 44.5 cm³/mol. The van der Waals surface area contributed by atoms with Gasteiger partial charge in [0.1, 0.15) is 0 Å². The van der Waals surface area contributed by atoms with Gasteiger partial charge in [-0.25, -0.2) is 0 Å². The number of likely N-dealkylation sites (tertiary alicyclic amines) is 1. The summed E-state index contributed by atoms with van der Waals surface area (Å²) in [4.78, 5) is 13.4. The van der Waals surface area contributed by atoms with Gasteiger partial charge in [-0.1, -0.05) is 6.92 Å². The highest BCUT2D eigenvalue weighted by Crippen LogP contribution is 2.39. The Morgan fingerprint density at radius 1 is 1.58 bits per heavy atom. The molecule has 1 aliphatic carbocycles. The van der Waals surface area contributed by atoms with Crippen LogP contribution in [0.4, 0.5) is 0 Å². The van der Waals surface area contributed by atoms with Gasteiger partial charge in [-0.05, 0) is 18.8 Å². The Hall–Kier alpha value is -0.570. The van der Waals surface area contributed by atoms with Gasteiger partial charge in [0.25, 0.3) is 0 Å². The minimum atomic E-state index is -0.275. The van der Waals surface area contributed by atoms with Crippen LogP contribution in [0.2, 0.25) is 0 Å². The van der Waals surface area contributed by atoms with Crippen molar-refractivity contribution in [3.8, 4) is 0 Å². The molecule has 2 aliphatic rings. The van der Waals surface area contributed by atoms with Gasteiger partial charge in [0.05, 0.1) is 6.10 Å². The van der Waals surface area contributed by atoms with E-state index in [0.717, 1.165) is 19.4 Å². The molecule has 1 aliphatic heterocycles. The van der Waals surface area contributed by atoms with Crippen LogP contribution in [0.25, 0.3) is 0 Å². The average Bonchev–Trinajstić information content (AvgIpc) is 2.58. The average molecular weight is 169 g/mol. The summed E-state index contributed by atoms with van der Waals surface area (Å²) < 4.78 is 0. The maximum atomic E-state index is 11.6. The molecule has 1 heterocycles. The smallest absolute Gasteiger partial charge is 0.226 e. The molecule has 0 unspecified atom stereocenters. The maximum Gasteiger partial charge on any atom is 0.226 e. The second-order valence-electron chi connectivity index (χ2n) is 4.05. The molecule has 68 valence electrons. The normalized spacial score (nSPS) is 40.2. The molecule has 2 fully saturated rings. The third-order valence-electron chi connectivity index (χ3n) is 2.90. The summed E-state index contributed by atoms with van der Waals surface area (Å²) >= 11 is 0. The molecule has 1 saturated heterocycles. The van der Waals surface area contributed by atoms with Gasteiger partial charge < -0.3 is 10.0 Å². The van der Waals surface area contributed by atoms with Crippen molar-refractivity contribution in [2.24, 2.45) is 11.8 Å². The molecule has 0 aromatic heterocycles. The summed E-state index contributed by atoms with van der Waals surface area (Å²) in [6.07, 6.45) is 1.53. The summed E-state index contributed by atoms with van der Waals surface area (Å²) in [6, 6.07) is 0. The fraction of sp³-hybridized carbons (Fsp3) is 0.889. The van der Waals surface area contributed by atoms with E-state index in [9.17, 15) is 9.90 Å². The fourth-order valence-electron chi connectivity index (χ4n) is 1.84. The molecule has 0 spiro atoms. The van der Waals surface area contributed by atoms with Gasteiger partial charge >= 0.3 is 0 Å². The Morgan fingerprint density at radius 2 is 2.25 bits per heavy atom. The van der Waals surface area contributed by atoms with Gasteiger partial charge in [-0.3, -0.25) is 4.79 Å². The zero-order valence-corrected chi connectivity index (χ0v) is 7.36. The van der Waals surface area contributed by atoms with Crippen LogP contribution in [-0.2, 0) is 4.79 Å². The van der Waals surface area contributed by atoms with Crippen molar-refractivity contribution in [1.82, 2.24) is 4.90 Å². The molecule has 12 heavy (non-hydrogen) atoms. The quantitative estimate of drug-likeness (QED) is 0.610. The van der Waals surface area contributed by atoms with E-state index < -0.39 is 0 Å². The zero-order valence-electron chi connectivity index (χ0n) is 7.36. The molecule has 1 saturated carbocycles. The highest BCUT2D eigenvalue weighted by molar-refractivity contribution is 5.81. The summed E-state index contributed by atoms with van der Waals surface area (Å²) in [5.74, 6) is 1.12. The number of rotatable bonds is 1. The first-order chi connectivity index (χ1) is 5.68. The third-order valence-corrected chi connectivity index (χ3v) is 2.90. The minimum absolute atomic E-state index is 0.263. The number of hydrogen-bond acceptors (Lipinski definition) is 2. The van der Waals surface area contributed by atoms with E-state index in [1.165, 1.54) is 0 Å². The van der Waals surface area contributed by atoms with Crippen LogP contribution >= 0.6 is 0 Å². The van der Waals surface area contributed by atoms with E-state index in [0.29, 0.717) is 12.5 Å². The zero-order chi connectivity index (χ0) is 8.72. The van der Waals surface area contributed by atoms with E-state index in [4.69, 9.17) is 0 Å². The monoisotopic (exact) mass is 169 g/mol. The van der Waals surface area contributed by atoms with Crippen LogP contribution in [0.5, 0.6) is 0 Å². The lowest BCUT2D eigenvalue weighted by atomic mass is 10.3. The molecular weight excluding hydrogens is 154 g/mol. The van der Waals surface area contributed by atoms with Crippen LogP contribution in [-0.4, -0.2) is 35.1 Å². The second-order valence-corrected chi connectivity index (χ2v) is 4.05. The molecule has 3 heteroatoms. The Morgan fingerprint density at radius 3 is 2.67 bits per heavy atom. The Balaban J connectivity index is 1.89. The summed E-state index contributed by atoms with van der Waals surface area (Å²) in [7, 11) is 0. The topological polar surface area (TPSA) is 40.5 Å². The number of carbonyl (C=O) groups excluding carboxylic acids is 1. The molecule has 1 N–H and O–H groups in total. The number of hydrogen-bond donors (Lipinski definition) is 1. The lowest BCUT2D eigenvalue weighted by molar-refractivity contribution is -0.132. The van der Waals surface area contributed by atoms with Crippen LogP contribution < -0.4 is 0 Å². The van der Waals surface area contributed by atoms with E-state index in [2.05, 4.69) is 6.92 Å². The largest absolute Gasteiger partial charge is 0.391 e. The second kappa shape index (κ2) is 2.73. The van der Waals surface area contributed by atoms with Crippen LogP contribution in [0.1, 0.15) is 19.8 Å². The van der Waals surface area contributed by atoms with Gasteiger partial charge in [0, 0.05) is 19.0 Å². The number of aliphatic hydroxyl groups is 1. The van der Waals surface area contributed by atoms with Crippen molar-refractivity contribution in [1.29, 1.82) is 0 Å². The van der Waals surface area contributed by atoms with Crippen LogP contribution in [0.3, 0.4) is 0 Å². The van der Waals surface area contributed by atoms with Crippen molar-refractivity contribution in [2.45, 2.75) is 25.9 Å². The summed E-state index contributed by atoms with van der Waals surface area (Å²) in [5.41, 5.74) is 0. The van der Waals surface area contributed by atoms with E-state index >= 15 is 0 Å². The Labute approximate surface area is 72.4 Å². The molecule has 0 aromatic rings. The van der Waals surface area contributed by atoms with Crippen molar-refractivity contribution < 1.29 is 9.90 Å². The summed E-state index contributed by atoms with van der Waals surface area (Å²) in [5, 5.41) is 9.22. The van der Waals surface area contributed by atoms with E-state index in [1.54, 1.807) is 4.90 Å². The molecule has 2 rings (SSSR count). The highest BCUT2D eigenvalue weighted by Gasteiger charge is 2.42. The molecule has 0 radical (unpaired) electrons. The number of aliphatic hydroxyl groups excluding tert-OH is 1.